The largest absolute Gasteiger partial charge is 0.308 e. The van der Waals surface area contributed by atoms with Crippen LogP contribution in [-0.4, -0.2) is 25.9 Å². The number of rotatable bonds is 5. The molecule has 2 N–H and O–H groups in total. The van der Waals surface area contributed by atoms with Crippen molar-refractivity contribution in [1.82, 2.24) is 20.0 Å². The van der Waals surface area contributed by atoms with Crippen LogP contribution in [0.2, 0.25) is 0 Å². The molecule has 0 spiro atoms. The summed E-state index contributed by atoms with van der Waals surface area (Å²) in [4.78, 5) is 12.3. The monoisotopic (exact) mass is 350 g/mol. The summed E-state index contributed by atoms with van der Waals surface area (Å²) in [5, 5.41) is 23.2. The third-order valence-corrected chi connectivity index (χ3v) is 4.23. The second-order valence-electron chi connectivity index (χ2n) is 6.20. The molecule has 0 aliphatic heterocycles. The normalized spacial score (nSPS) is 13.4. The van der Waals surface area contributed by atoms with Crippen LogP contribution in [0.3, 0.4) is 0 Å². The Balaban J connectivity index is 1.44. The lowest BCUT2D eigenvalue weighted by molar-refractivity contribution is -0.115. The number of nitrogens with zero attached hydrogens (tertiary/aromatic N) is 4. The van der Waals surface area contributed by atoms with Gasteiger partial charge in [-0.15, -0.1) is 0 Å². The van der Waals surface area contributed by atoms with Gasteiger partial charge >= 0.3 is 0 Å². The molecule has 0 unspecified atom stereocenters. The van der Waals surface area contributed by atoms with Crippen LogP contribution in [0.1, 0.15) is 35.7 Å². The Labute approximate surface area is 148 Å². The van der Waals surface area contributed by atoms with Crippen LogP contribution in [-0.2, 0) is 11.2 Å². The minimum absolute atomic E-state index is 0.0463. The maximum Gasteiger partial charge on any atom is 0.231 e. The molecule has 4 rings (SSSR count). The zero-order valence-electron chi connectivity index (χ0n) is 13.7. The van der Waals surface area contributed by atoms with E-state index < -0.39 is 0 Å². The smallest absolute Gasteiger partial charge is 0.231 e. The molecule has 8 heteroatoms. The fourth-order valence-corrected chi connectivity index (χ4v) is 2.76. The van der Waals surface area contributed by atoms with Crippen molar-refractivity contribution in [2.45, 2.75) is 25.2 Å². The zero-order chi connectivity index (χ0) is 18.1. The van der Waals surface area contributed by atoms with Crippen LogP contribution in [0, 0.1) is 17.1 Å². The van der Waals surface area contributed by atoms with Crippen molar-refractivity contribution in [2.75, 3.05) is 5.32 Å². The molecule has 0 radical (unpaired) electrons. The SMILES string of the molecule is N#Cc1c(NC(=O)Cc2ccn(-c3ccc(F)cc3)n2)n[nH]c1C1CC1. The molecule has 1 aliphatic carbocycles. The number of aromatic amines is 1. The number of anilines is 1. The number of nitriles is 1. The van der Waals surface area contributed by atoms with Crippen molar-refractivity contribution in [3.05, 3.63) is 59.3 Å². The van der Waals surface area contributed by atoms with E-state index in [0.717, 1.165) is 18.5 Å². The molecule has 0 atom stereocenters. The number of amides is 1. The standard InChI is InChI=1S/C18H15FN6O/c19-12-3-5-14(6-4-12)25-8-7-13(24-25)9-16(26)21-18-15(10-20)17(22-23-18)11-1-2-11/h3-8,11H,1-2,9H2,(H2,21,22,23,26). The molecule has 0 saturated heterocycles. The van der Waals surface area contributed by atoms with Gasteiger partial charge in [-0.25, -0.2) is 9.07 Å². The zero-order valence-corrected chi connectivity index (χ0v) is 13.7. The van der Waals surface area contributed by atoms with E-state index in [0.29, 0.717) is 22.9 Å². The molecule has 0 bridgehead atoms. The van der Waals surface area contributed by atoms with Crippen LogP contribution in [0.4, 0.5) is 10.2 Å². The van der Waals surface area contributed by atoms with Crippen LogP contribution in [0.15, 0.2) is 36.5 Å². The predicted octanol–water partition coefficient (Wildman–Crippen LogP) is 2.66. The number of aromatic nitrogens is 4. The molecular formula is C18H15FN6O. The molecule has 1 aliphatic rings. The Morgan fingerprint density at radius 1 is 1.35 bits per heavy atom. The third kappa shape index (κ3) is 3.19. The maximum absolute atomic E-state index is 13.0. The summed E-state index contributed by atoms with van der Waals surface area (Å²) in [7, 11) is 0. The highest BCUT2D eigenvalue weighted by atomic mass is 19.1. The summed E-state index contributed by atoms with van der Waals surface area (Å²) in [5.41, 5.74) is 2.45. The van der Waals surface area contributed by atoms with Crippen LogP contribution >= 0.6 is 0 Å². The fourth-order valence-electron chi connectivity index (χ4n) is 2.76. The first kappa shape index (κ1) is 16.0. The predicted molar refractivity (Wildman–Crippen MR) is 91.1 cm³/mol. The van der Waals surface area contributed by atoms with Gasteiger partial charge in [-0.3, -0.25) is 9.89 Å². The average molecular weight is 350 g/mol. The Hall–Kier alpha value is -3.47. The first-order chi connectivity index (χ1) is 12.6. The number of hydrogen-bond donors (Lipinski definition) is 2. The van der Waals surface area contributed by atoms with Gasteiger partial charge in [-0.2, -0.15) is 15.5 Å². The lowest BCUT2D eigenvalue weighted by atomic mass is 10.2. The summed E-state index contributed by atoms with van der Waals surface area (Å²) in [5.74, 6) is -0.0235. The highest BCUT2D eigenvalue weighted by molar-refractivity contribution is 5.92. The van der Waals surface area contributed by atoms with E-state index >= 15 is 0 Å². The maximum atomic E-state index is 13.0. The molecule has 130 valence electrons. The lowest BCUT2D eigenvalue weighted by Crippen LogP contribution is -2.16. The van der Waals surface area contributed by atoms with Gasteiger partial charge in [0.1, 0.15) is 17.4 Å². The van der Waals surface area contributed by atoms with Gasteiger partial charge in [0.2, 0.25) is 5.91 Å². The van der Waals surface area contributed by atoms with E-state index in [1.54, 1.807) is 29.1 Å². The summed E-state index contributed by atoms with van der Waals surface area (Å²) >= 11 is 0. The number of hydrogen-bond acceptors (Lipinski definition) is 4. The van der Waals surface area contributed by atoms with E-state index in [1.165, 1.54) is 12.1 Å². The number of carbonyl (C=O) groups excluding carboxylic acids is 1. The van der Waals surface area contributed by atoms with Gasteiger partial charge in [0.05, 0.1) is 23.5 Å². The van der Waals surface area contributed by atoms with Crippen molar-refractivity contribution in [1.29, 1.82) is 5.26 Å². The van der Waals surface area contributed by atoms with Crippen LogP contribution < -0.4 is 5.32 Å². The molecule has 2 aromatic heterocycles. The first-order valence-electron chi connectivity index (χ1n) is 8.22. The van der Waals surface area contributed by atoms with Crippen molar-refractivity contribution in [2.24, 2.45) is 0 Å². The molecule has 1 saturated carbocycles. The second-order valence-corrected chi connectivity index (χ2v) is 6.20. The van der Waals surface area contributed by atoms with Gasteiger partial charge in [-0.05, 0) is 43.2 Å². The van der Waals surface area contributed by atoms with Crippen molar-refractivity contribution in [3.8, 4) is 11.8 Å². The molecular weight excluding hydrogens is 335 g/mol. The molecule has 3 aromatic rings. The summed E-state index contributed by atoms with van der Waals surface area (Å²) < 4.78 is 14.6. The van der Waals surface area contributed by atoms with E-state index in [1.807, 2.05) is 0 Å². The van der Waals surface area contributed by atoms with E-state index in [-0.39, 0.29) is 24.0 Å². The van der Waals surface area contributed by atoms with Gasteiger partial charge in [0.15, 0.2) is 5.82 Å². The van der Waals surface area contributed by atoms with Crippen LogP contribution in [0.5, 0.6) is 0 Å². The number of halogens is 1. The molecule has 26 heavy (non-hydrogen) atoms. The minimum Gasteiger partial charge on any atom is -0.308 e. The number of carbonyl (C=O) groups is 1. The highest BCUT2D eigenvalue weighted by Crippen LogP contribution is 2.41. The van der Waals surface area contributed by atoms with Crippen molar-refractivity contribution < 1.29 is 9.18 Å². The average Bonchev–Trinajstić information content (AvgIpc) is 3.24. The number of H-pyrrole nitrogens is 1. The molecule has 2 heterocycles. The first-order valence-corrected chi connectivity index (χ1v) is 8.22. The van der Waals surface area contributed by atoms with Crippen LogP contribution in [0.25, 0.3) is 5.69 Å². The molecule has 1 fully saturated rings. The van der Waals surface area contributed by atoms with Gasteiger partial charge in [-0.1, -0.05) is 0 Å². The Bertz CT molecular complexity index is 994. The number of nitrogens with one attached hydrogen (secondary N) is 2. The Morgan fingerprint density at radius 3 is 2.81 bits per heavy atom. The summed E-state index contributed by atoms with van der Waals surface area (Å²) in [6.45, 7) is 0. The molecule has 1 aromatic carbocycles. The third-order valence-electron chi connectivity index (χ3n) is 4.23. The molecule has 7 nitrogen and oxygen atoms in total. The second kappa shape index (κ2) is 6.44. The summed E-state index contributed by atoms with van der Waals surface area (Å²) in [6, 6.07) is 9.73. The number of benzene rings is 1. The summed E-state index contributed by atoms with van der Waals surface area (Å²) in [6.07, 6.45) is 3.82. The fraction of sp³-hybridized carbons (Fsp3) is 0.222. The Kier molecular flexibility index (Phi) is 3.97. The van der Waals surface area contributed by atoms with E-state index in [2.05, 4.69) is 26.7 Å². The minimum atomic E-state index is -0.321. The van der Waals surface area contributed by atoms with E-state index in [4.69, 9.17) is 0 Å². The van der Waals surface area contributed by atoms with Crippen molar-refractivity contribution in [3.63, 3.8) is 0 Å². The quantitative estimate of drug-likeness (QED) is 0.739. The van der Waals surface area contributed by atoms with Crippen molar-refractivity contribution >= 4 is 11.7 Å². The topological polar surface area (TPSA) is 99.4 Å². The lowest BCUT2D eigenvalue weighted by Gasteiger charge is -2.02. The van der Waals surface area contributed by atoms with Gasteiger partial charge < -0.3 is 5.32 Å². The Morgan fingerprint density at radius 2 is 2.12 bits per heavy atom. The highest BCUT2D eigenvalue weighted by Gasteiger charge is 2.30. The molecule has 1 amide bonds. The van der Waals surface area contributed by atoms with E-state index in [9.17, 15) is 14.4 Å². The van der Waals surface area contributed by atoms with Gasteiger partial charge in [0.25, 0.3) is 0 Å². The van der Waals surface area contributed by atoms with Gasteiger partial charge in [0, 0.05) is 12.1 Å².